The van der Waals surface area contributed by atoms with E-state index < -0.39 is 27.4 Å². The standard InChI is InChI=1S/C14H20FNO4S/c1-9(2)5-4-6-16-21(19,20)11-7-10(3)13(15)12(8-11)14(17)18/h7-9,16H,4-6H2,1-3H3,(H,17,18). The summed E-state index contributed by atoms with van der Waals surface area (Å²) in [6.07, 6.45) is 1.56. The van der Waals surface area contributed by atoms with Gasteiger partial charge in [-0.1, -0.05) is 13.8 Å². The second-order valence-electron chi connectivity index (χ2n) is 5.34. The Morgan fingerprint density at radius 3 is 2.52 bits per heavy atom. The zero-order valence-electron chi connectivity index (χ0n) is 12.3. The predicted molar refractivity (Wildman–Crippen MR) is 77.4 cm³/mol. The number of halogens is 1. The summed E-state index contributed by atoms with van der Waals surface area (Å²) in [5.41, 5.74) is -0.657. The third kappa shape index (κ3) is 4.78. The van der Waals surface area contributed by atoms with Gasteiger partial charge in [0.25, 0.3) is 0 Å². The van der Waals surface area contributed by atoms with Crippen LogP contribution in [0.2, 0.25) is 0 Å². The van der Waals surface area contributed by atoms with E-state index in [1.807, 2.05) is 13.8 Å². The summed E-state index contributed by atoms with van der Waals surface area (Å²) in [7, 11) is -3.83. The number of hydrogen-bond donors (Lipinski definition) is 2. The van der Waals surface area contributed by atoms with E-state index >= 15 is 0 Å². The molecular formula is C14H20FNO4S. The molecule has 0 aliphatic rings. The molecule has 0 aliphatic heterocycles. The Morgan fingerprint density at radius 2 is 2.00 bits per heavy atom. The van der Waals surface area contributed by atoms with Gasteiger partial charge in [0.15, 0.2) is 0 Å². The zero-order chi connectivity index (χ0) is 16.2. The van der Waals surface area contributed by atoms with Crippen LogP contribution in [0.25, 0.3) is 0 Å². The number of carboxylic acid groups (broad SMARTS) is 1. The molecule has 0 spiro atoms. The Kier molecular flexibility index (Phi) is 5.86. The van der Waals surface area contributed by atoms with Crippen LogP contribution in [0.15, 0.2) is 17.0 Å². The van der Waals surface area contributed by atoms with Crippen molar-refractivity contribution in [2.45, 2.75) is 38.5 Å². The van der Waals surface area contributed by atoms with Crippen molar-refractivity contribution < 1.29 is 22.7 Å². The van der Waals surface area contributed by atoms with Crippen LogP contribution in [0, 0.1) is 18.7 Å². The van der Waals surface area contributed by atoms with Crippen LogP contribution < -0.4 is 4.72 Å². The molecule has 0 saturated carbocycles. The lowest BCUT2D eigenvalue weighted by molar-refractivity contribution is 0.0691. The van der Waals surface area contributed by atoms with Gasteiger partial charge in [0, 0.05) is 6.54 Å². The Bertz CT molecular complexity index is 626. The first kappa shape index (κ1) is 17.6. The normalized spacial score (nSPS) is 11.9. The molecule has 0 aliphatic carbocycles. The van der Waals surface area contributed by atoms with Gasteiger partial charge < -0.3 is 5.11 Å². The van der Waals surface area contributed by atoms with Crippen LogP contribution in [0.4, 0.5) is 4.39 Å². The van der Waals surface area contributed by atoms with Gasteiger partial charge in [-0.05, 0) is 43.4 Å². The maximum absolute atomic E-state index is 13.6. The fraction of sp³-hybridized carbons (Fsp3) is 0.500. The third-order valence-electron chi connectivity index (χ3n) is 3.02. The summed E-state index contributed by atoms with van der Waals surface area (Å²) in [6.45, 7) is 5.67. The highest BCUT2D eigenvalue weighted by Gasteiger charge is 2.20. The minimum atomic E-state index is -3.83. The lowest BCUT2D eigenvalue weighted by Gasteiger charge is -2.10. The molecule has 0 amide bonds. The molecule has 118 valence electrons. The third-order valence-corrected chi connectivity index (χ3v) is 4.46. The number of sulfonamides is 1. The number of aryl methyl sites for hydroxylation is 1. The smallest absolute Gasteiger partial charge is 0.338 e. The van der Waals surface area contributed by atoms with Gasteiger partial charge in [-0.15, -0.1) is 0 Å². The summed E-state index contributed by atoms with van der Waals surface area (Å²) < 4.78 is 40.2. The Labute approximate surface area is 124 Å². The van der Waals surface area contributed by atoms with Crippen molar-refractivity contribution in [1.29, 1.82) is 0 Å². The SMILES string of the molecule is Cc1cc(S(=O)(=O)NCCCC(C)C)cc(C(=O)O)c1F. The monoisotopic (exact) mass is 317 g/mol. The molecule has 1 rings (SSSR count). The molecule has 0 heterocycles. The topological polar surface area (TPSA) is 83.5 Å². The minimum absolute atomic E-state index is 0.0162. The number of nitrogens with one attached hydrogen (secondary N) is 1. The fourth-order valence-corrected chi connectivity index (χ4v) is 3.03. The molecular weight excluding hydrogens is 297 g/mol. The Morgan fingerprint density at radius 1 is 1.38 bits per heavy atom. The van der Waals surface area contributed by atoms with Gasteiger partial charge in [0.05, 0.1) is 10.5 Å². The number of rotatable bonds is 7. The van der Waals surface area contributed by atoms with E-state index in [1.165, 1.54) is 6.92 Å². The highest BCUT2D eigenvalue weighted by molar-refractivity contribution is 7.89. The van der Waals surface area contributed by atoms with E-state index in [2.05, 4.69) is 4.72 Å². The minimum Gasteiger partial charge on any atom is -0.478 e. The molecule has 0 unspecified atom stereocenters. The van der Waals surface area contributed by atoms with Crippen LogP contribution in [0.3, 0.4) is 0 Å². The van der Waals surface area contributed by atoms with Crippen molar-refractivity contribution in [2.75, 3.05) is 6.54 Å². The molecule has 0 aromatic heterocycles. The summed E-state index contributed by atoms with van der Waals surface area (Å²) in [6, 6.07) is 1.97. The van der Waals surface area contributed by atoms with Gasteiger partial charge in [0.2, 0.25) is 10.0 Å². The van der Waals surface area contributed by atoms with Crippen molar-refractivity contribution in [2.24, 2.45) is 5.92 Å². The van der Waals surface area contributed by atoms with E-state index in [0.29, 0.717) is 12.3 Å². The van der Waals surface area contributed by atoms with E-state index in [-0.39, 0.29) is 17.0 Å². The van der Waals surface area contributed by atoms with Crippen molar-refractivity contribution >= 4 is 16.0 Å². The molecule has 0 fully saturated rings. The van der Waals surface area contributed by atoms with Gasteiger partial charge in [-0.2, -0.15) is 0 Å². The number of carbonyl (C=O) groups is 1. The maximum Gasteiger partial charge on any atom is 0.338 e. The van der Waals surface area contributed by atoms with Crippen LogP contribution in [-0.4, -0.2) is 26.0 Å². The van der Waals surface area contributed by atoms with Crippen molar-refractivity contribution in [3.63, 3.8) is 0 Å². The molecule has 7 heteroatoms. The first-order chi connectivity index (χ1) is 9.65. The van der Waals surface area contributed by atoms with Gasteiger partial charge in [-0.25, -0.2) is 22.3 Å². The second kappa shape index (κ2) is 7.00. The number of benzene rings is 1. The highest BCUT2D eigenvalue weighted by atomic mass is 32.2. The van der Waals surface area contributed by atoms with E-state index in [1.54, 1.807) is 0 Å². The van der Waals surface area contributed by atoms with Gasteiger partial charge in [0.1, 0.15) is 5.82 Å². The van der Waals surface area contributed by atoms with Gasteiger partial charge >= 0.3 is 5.97 Å². The average molecular weight is 317 g/mol. The Balaban J connectivity index is 2.96. The summed E-state index contributed by atoms with van der Waals surface area (Å²) >= 11 is 0. The molecule has 0 saturated heterocycles. The van der Waals surface area contributed by atoms with Crippen LogP contribution in [0.5, 0.6) is 0 Å². The van der Waals surface area contributed by atoms with E-state index in [9.17, 15) is 17.6 Å². The first-order valence-corrected chi connectivity index (χ1v) is 8.16. The van der Waals surface area contributed by atoms with E-state index in [4.69, 9.17) is 5.11 Å². The molecule has 5 nitrogen and oxygen atoms in total. The lowest BCUT2D eigenvalue weighted by atomic mass is 10.1. The van der Waals surface area contributed by atoms with Crippen molar-refractivity contribution in [3.05, 3.63) is 29.1 Å². The summed E-state index contributed by atoms with van der Waals surface area (Å²) in [4.78, 5) is 10.7. The van der Waals surface area contributed by atoms with Crippen LogP contribution in [0.1, 0.15) is 42.6 Å². The number of hydrogen-bond acceptors (Lipinski definition) is 3. The molecule has 0 atom stereocenters. The number of aromatic carboxylic acids is 1. The largest absolute Gasteiger partial charge is 0.478 e. The lowest BCUT2D eigenvalue weighted by Crippen LogP contribution is -2.25. The summed E-state index contributed by atoms with van der Waals surface area (Å²) in [5.74, 6) is -1.94. The fourth-order valence-electron chi connectivity index (χ4n) is 1.85. The average Bonchev–Trinajstić information content (AvgIpc) is 2.37. The molecule has 21 heavy (non-hydrogen) atoms. The van der Waals surface area contributed by atoms with Crippen molar-refractivity contribution in [3.8, 4) is 0 Å². The summed E-state index contributed by atoms with van der Waals surface area (Å²) in [5, 5.41) is 8.90. The maximum atomic E-state index is 13.6. The van der Waals surface area contributed by atoms with Crippen LogP contribution in [-0.2, 0) is 10.0 Å². The zero-order valence-corrected chi connectivity index (χ0v) is 13.1. The van der Waals surface area contributed by atoms with Crippen LogP contribution >= 0.6 is 0 Å². The quantitative estimate of drug-likeness (QED) is 0.757. The van der Waals surface area contributed by atoms with Crippen molar-refractivity contribution in [1.82, 2.24) is 4.72 Å². The molecule has 0 radical (unpaired) electrons. The number of carboxylic acids is 1. The molecule has 0 bridgehead atoms. The highest BCUT2D eigenvalue weighted by Crippen LogP contribution is 2.19. The van der Waals surface area contributed by atoms with E-state index in [0.717, 1.165) is 18.6 Å². The molecule has 1 aromatic carbocycles. The van der Waals surface area contributed by atoms with Gasteiger partial charge in [-0.3, -0.25) is 0 Å². The predicted octanol–water partition coefficient (Wildman–Crippen LogP) is 2.55. The molecule has 2 N–H and O–H groups in total. The Hall–Kier alpha value is -1.47. The second-order valence-corrected chi connectivity index (χ2v) is 7.11. The first-order valence-electron chi connectivity index (χ1n) is 6.68. The molecule has 1 aromatic rings.